The van der Waals surface area contributed by atoms with Crippen molar-refractivity contribution in [3.63, 3.8) is 0 Å². The van der Waals surface area contributed by atoms with Gasteiger partial charge in [0.1, 0.15) is 0 Å². The smallest absolute Gasteiger partial charge is 0.258 e. The number of hydrogen-bond acceptors (Lipinski definition) is 3. The highest BCUT2D eigenvalue weighted by Crippen LogP contribution is 2.34. The number of aryl methyl sites for hydroxylation is 1. The molecule has 1 aliphatic rings. The van der Waals surface area contributed by atoms with Crippen molar-refractivity contribution in [2.45, 2.75) is 19.8 Å². The number of para-hydroxylation sites is 2. The van der Waals surface area contributed by atoms with E-state index in [0.29, 0.717) is 36.4 Å². The van der Waals surface area contributed by atoms with Gasteiger partial charge in [0.05, 0.1) is 17.6 Å². The predicted octanol–water partition coefficient (Wildman–Crippen LogP) is 3.07. The van der Waals surface area contributed by atoms with E-state index in [-0.39, 0.29) is 5.91 Å². The number of amides is 1. The van der Waals surface area contributed by atoms with Gasteiger partial charge in [-0.15, -0.1) is 0 Å². The summed E-state index contributed by atoms with van der Waals surface area (Å²) in [6, 6.07) is 14.8. The van der Waals surface area contributed by atoms with Crippen LogP contribution in [0.25, 0.3) is 0 Å². The van der Waals surface area contributed by atoms with Crippen LogP contribution in [0.3, 0.4) is 0 Å². The number of carbonyl (C=O) groups is 1. The molecule has 0 fully saturated rings. The molecule has 0 aliphatic carbocycles. The van der Waals surface area contributed by atoms with E-state index in [1.165, 1.54) is 16.1 Å². The highest BCUT2D eigenvalue weighted by Gasteiger charge is 2.29. The average molecular weight is 358 g/mol. The van der Waals surface area contributed by atoms with Crippen molar-refractivity contribution in [3.8, 4) is 0 Å². The summed E-state index contributed by atoms with van der Waals surface area (Å²) in [5, 5.41) is 0. The Labute approximate surface area is 148 Å². The maximum Gasteiger partial charge on any atom is 0.258 e. The van der Waals surface area contributed by atoms with Crippen LogP contribution in [0.4, 0.5) is 11.4 Å². The van der Waals surface area contributed by atoms with Crippen LogP contribution in [0.15, 0.2) is 48.5 Å². The molecule has 1 amide bonds. The monoisotopic (exact) mass is 358 g/mol. The van der Waals surface area contributed by atoms with Crippen molar-refractivity contribution in [2.75, 3.05) is 28.6 Å². The summed E-state index contributed by atoms with van der Waals surface area (Å²) in [7, 11) is -3.39. The lowest BCUT2D eigenvalue weighted by Gasteiger charge is -2.25. The van der Waals surface area contributed by atoms with Crippen molar-refractivity contribution >= 4 is 27.3 Å². The summed E-state index contributed by atoms with van der Waals surface area (Å²) in [5.74, 6) is -0.106. The first kappa shape index (κ1) is 17.5. The molecular formula is C19H22N2O3S. The summed E-state index contributed by atoms with van der Waals surface area (Å²) in [6.45, 7) is 2.92. The molecule has 1 heterocycles. The molecule has 0 N–H and O–H groups in total. The number of nitrogens with zero attached hydrogens (tertiary/aromatic N) is 2. The fourth-order valence-corrected chi connectivity index (χ4v) is 4.08. The Morgan fingerprint density at radius 3 is 2.24 bits per heavy atom. The van der Waals surface area contributed by atoms with Crippen LogP contribution in [-0.4, -0.2) is 33.7 Å². The van der Waals surface area contributed by atoms with Crippen molar-refractivity contribution in [2.24, 2.45) is 0 Å². The largest absolute Gasteiger partial charge is 0.306 e. The molecule has 3 rings (SSSR count). The standard InChI is InChI=1S/C19H22N2O3S/c1-3-15-9-11-16(12-10-15)19(22)20-13-6-14-21(25(2,23)24)18-8-5-4-7-17(18)20/h4-5,7-12H,3,6,13-14H2,1-2H3. The molecule has 6 heteroatoms. The third-order valence-corrected chi connectivity index (χ3v) is 5.62. The second kappa shape index (κ2) is 6.88. The summed E-state index contributed by atoms with van der Waals surface area (Å²) >= 11 is 0. The van der Waals surface area contributed by atoms with Crippen molar-refractivity contribution in [1.82, 2.24) is 0 Å². The first-order chi connectivity index (χ1) is 11.9. The lowest BCUT2D eigenvalue weighted by Crippen LogP contribution is -2.31. The zero-order valence-electron chi connectivity index (χ0n) is 14.5. The van der Waals surface area contributed by atoms with Crippen LogP contribution < -0.4 is 9.21 Å². The third-order valence-electron chi connectivity index (χ3n) is 4.44. The Morgan fingerprint density at radius 1 is 1.00 bits per heavy atom. The second-order valence-corrected chi connectivity index (χ2v) is 8.09. The summed E-state index contributed by atoms with van der Waals surface area (Å²) in [5.41, 5.74) is 2.98. The zero-order valence-corrected chi connectivity index (χ0v) is 15.3. The lowest BCUT2D eigenvalue weighted by atomic mass is 10.1. The topological polar surface area (TPSA) is 57.7 Å². The van der Waals surface area contributed by atoms with Crippen LogP contribution in [-0.2, 0) is 16.4 Å². The van der Waals surface area contributed by atoms with Gasteiger partial charge in [-0.1, -0.05) is 31.2 Å². The quantitative estimate of drug-likeness (QED) is 0.847. The SMILES string of the molecule is CCc1ccc(C(=O)N2CCCN(S(C)(=O)=O)c3ccccc32)cc1. The number of sulfonamides is 1. The highest BCUT2D eigenvalue weighted by molar-refractivity contribution is 7.92. The van der Waals surface area contributed by atoms with Crippen molar-refractivity contribution in [3.05, 3.63) is 59.7 Å². The van der Waals surface area contributed by atoms with E-state index < -0.39 is 10.0 Å². The average Bonchev–Trinajstić information content (AvgIpc) is 2.80. The molecule has 0 spiro atoms. The Balaban J connectivity index is 2.02. The minimum absolute atomic E-state index is 0.106. The first-order valence-corrected chi connectivity index (χ1v) is 10.2. The molecule has 2 aromatic rings. The van der Waals surface area contributed by atoms with Crippen LogP contribution in [0.2, 0.25) is 0 Å². The van der Waals surface area contributed by atoms with Gasteiger partial charge in [-0.05, 0) is 42.7 Å². The van der Waals surface area contributed by atoms with E-state index >= 15 is 0 Å². The molecule has 0 saturated carbocycles. The number of carbonyl (C=O) groups excluding carboxylic acids is 1. The number of rotatable bonds is 3. The number of fused-ring (bicyclic) bond motifs is 1. The van der Waals surface area contributed by atoms with E-state index in [4.69, 9.17) is 0 Å². The van der Waals surface area contributed by atoms with Crippen LogP contribution in [0.5, 0.6) is 0 Å². The van der Waals surface area contributed by atoms with Gasteiger partial charge < -0.3 is 4.90 Å². The summed E-state index contributed by atoms with van der Waals surface area (Å²) in [4.78, 5) is 14.7. The van der Waals surface area contributed by atoms with E-state index in [1.54, 1.807) is 23.1 Å². The van der Waals surface area contributed by atoms with Gasteiger partial charge in [-0.25, -0.2) is 8.42 Å². The molecule has 0 saturated heterocycles. The molecule has 0 unspecified atom stereocenters. The molecule has 132 valence electrons. The fraction of sp³-hybridized carbons (Fsp3) is 0.316. The molecule has 1 aliphatic heterocycles. The van der Waals surface area contributed by atoms with E-state index in [0.717, 1.165) is 6.42 Å². The number of benzene rings is 2. The minimum Gasteiger partial charge on any atom is -0.306 e. The molecule has 5 nitrogen and oxygen atoms in total. The summed E-state index contributed by atoms with van der Waals surface area (Å²) < 4.78 is 25.7. The van der Waals surface area contributed by atoms with E-state index in [1.807, 2.05) is 30.3 Å². The van der Waals surface area contributed by atoms with Crippen molar-refractivity contribution < 1.29 is 13.2 Å². The molecule has 0 radical (unpaired) electrons. The number of hydrogen-bond donors (Lipinski definition) is 0. The predicted molar refractivity (Wildman–Crippen MR) is 101 cm³/mol. The van der Waals surface area contributed by atoms with Crippen LogP contribution in [0, 0.1) is 0 Å². The maximum absolute atomic E-state index is 13.0. The van der Waals surface area contributed by atoms with Gasteiger partial charge in [-0.3, -0.25) is 9.10 Å². The van der Waals surface area contributed by atoms with Gasteiger partial charge in [0, 0.05) is 18.7 Å². The third kappa shape index (κ3) is 3.54. The zero-order chi connectivity index (χ0) is 18.0. The minimum atomic E-state index is -3.39. The first-order valence-electron chi connectivity index (χ1n) is 8.39. The van der Waals surface area contributed by atoms with Crippen LogP contribution in [0.1, 0.15) is 29.3 Å². The Kier molecular flexibility index (Phi) is 4.81. The molecule has 2 aromatic carbocycles. The maximum atomic E-state index is 13.0. The van der Waals surface area contributed by atoms with Gasteiger partial charge in [-0.2, -0.15) is 0 Å². The lowest BCUT2D eigenvalue weighted by molar-refractivity contribution is 0.0987. The van der Waals surface area contributed by atoms with Gasteiger partial charge >= 0.3 is 0 Å². The fourth-order valence-electron chi connectivity index (χ4n) is 3.11. The van der Waals surface area contributed by atoms with Gasteiger partial charge in [0.2, 0.25) is 10.0 Å². The highest BCUT2D eigenvalue weighted by atomic mass is 32.2. The second-order valence-electron chi connectivity index (χ2n) is 6.18. The van der Waals surface area contributed by atoms with Crippen LogP contribution >= 0.6 is 0 Å². The van der Waals surface area contributed by atoms with Crippen molar-refractivity contribution in [1.29, 1.82) is 0 Å². The molecule has 0 atom stereocenters. The Morgan fingerprint density at radius 2 is 1.64 bits per heavy atom. The molecule has 0 bridgehead atoms. The Hall–Kier alpha value is -2.34. The van der Waals surface area contributed by atoms with Gasteiger partial charge in [0.25, 0.3) is 5.91 Å². The van der Waals surface area contributed by atoms with E-state index in [9.17, 15) is 13.2 Å². The number of anilines is 2. The molecule has 0 aromatic heterocycles. The molecular weight excluding hydrogens is 336 g/mol. The van der Waals surface area contributed by atoms with E-state index in [2.05, 4.69) is 6.92 Å². The van der Waals surface area contributed by atoms with Gasteiger partial charge in [0.15, 0.2) is 0 Å². The Bertz CT molecular complexity index is 876. The summed E-state index contributed by atoms with van der Waals surface area (Å²) in [6.07, 6.45) is 2.70. The molecule has 25 heavy (non-hydrogen) atoms. The normalized spacial score (nSPS) is 14.8.